The van der Waals surface area contributed by atoms with Crippen molar-refractivity contribution < 1.29 is 18.0 Å². The Hall–Kier alpha value is -1.73. The molecule has 0 spiro atoms. The molecule has 2 aliphatic heterocycles. The molecular formula is C21H31F3N4O. The molecule has 4 rings (SSSR count). The number of rotatable bonds is 2. The zero-order chi connectivity index (χ0) is 21.1. The maximum absolute atomic E-state index is 13.9. The van der Waals surface area contributed by atoms with Crippen LogP contribution in [0.25, 0.3) is 0 Å². The van der Waals surface area contributed by atoms with Crippen LogP contribution in [0.3, 0.4) is 0 Å². The minimum Gasteiger partial charge on any atom is -0.367 e. The fourth-order valence-electron chi connectivity index (χ4n) is 4.72. The molecule has 1 saturated carbocycles. The Morgan fingerprint density at radius 2 is 1.93 bits per heavy atom. The topological polar surface area (TPSA) is 50.2 Å². The van der Waals surface area contributed by atoms with Gasteiger partial charge in [0.05, 0.1) is 5.69 Å². The molecule has 29 heavy (non-hydrogen) atoms. The van der Waals surface area contributed by atoms with E-state index >= 15 is 0 Å². The van der Waals surface area contributed by atoms with Crippen molar-refractivity contribution in [1.29, 1.82) is 0 Å². The van der Waals surface area contributed by atoms with Crippen molar-refractivity contribution in [3.8, 4) is 0 Å². The van der Waals surface area contributed by atoms with Gasteiger partial charge in [-0.05, 0) is 37.5 Å². The summed E-state index contributed by atoms with van der Waals surface area (Å²) in [4.78, 5) is 14.5. The maximum atomic E-state index is 13.9. The summed E-state index contributed by atoms with van der Waals surface area (Å²) in [6.07, 6.45) is -1.78. The van der Waals surface area contributed by atoms with Crippen LogP contribution in [0, 0.1) is 17.8 Å². The summed E-state index contributed by atoms with van der Waals surface area (Å²) in [6.45, 7) is 9.19. The molecule has 1 amide bonds. The number of amides is 1. The molecule has 1 aromatic heterocycles. The largest absolute Gasteiger partial charge is 0.410 e. The zero-order valence-corrected chi connectivity index (χ0v) is 17.6. The van der Waals surface area contributed by atoms with Crippen molar-refractivity contribution >= 4 is 11.7 Å². The summed E-state index contributed by atoms with van der Waals surface area (Å²) in [5.41, 5.74) is 0.324. The van der Waals surface area contributed by atoms with E-state index in [0.29, 0.717) is 24.0 Å². The Balaban J connectivity index is 1.55. The Labute approximate surface area is 170 Å². The van der Waals surface area contributed by atoms with Gasteiger partial charge in [-0.3, -0.25) is 4.79 Å². The second-order valence-corrected chi connectivity index (χ2v) is 10.2. The van der Waals surface area contributed by atoms with Crippen molar-refractivity contribution in [1.82, 2.24) is 14.7 Å². The van der Waals surface area contributed by atoms with Crippen LogP contribution in [0.2, 0.25) is 0 Å². The van der Waals surface area contributed by atoms with Crippen LogP contribution in [-0.4, -0.2) is 45.9 Å². The first kappa shape index (κ1) is 20.5. The van der Waals surface area contributed by atoms with E-state index in [4.69, 9.17) is 0 Å². The number of carbonyl (C=O) groups is 1. The first-order chi connectivity index (χ1) is 13.4. The molecular weight excluding hydrogens is 381 g/mol. The molecule has 5 nitrogen and oxygen atoms in total. The number of hydrogen-bond acceptors (Lipinski definition) is 3. The van der Waals surface area contributed by atoms with Crippen LogP contribution >= 0.6 is 0 Å². The summed E-state index contributed by atoms with van der Waals surface area (Å²) in [7, 11) is 0. The normalized spacial score (nSPS) is 32.5. The second-order valence-electron chi connectivity index (χ2n) is 10.2. The number of hydrogen-bond donors (Lipinski definition) is 1. The molecule has 1 N–H and O–H groups in total. The van der Waals surface area contributed by atoms with E-state index in [-0.39, 0.29) is 35.6 Å². The molecule has 3 aliphatic rings. The van der Waals surface area contributed by atoms with Gasteiger partial charge in [0.2, 0.25) is 5.91 Å². The Kier molecular flexibility index (Phi) is 4.89. The summed E-state index contributed by atoms with van der Waals surface area (Å²) >= 11 is 0. The second kappa shape index (κ2) is 6.91. The highest BCUT2D eigenvalue weighted by Gasteiger charge is 2.49. The fourth-order valence-corrected chi connectivity index (χ4v) is 4.72. The average Bonchev–Trinajstić information content (AvgIpc) is 3.19. The lowest BCUT2D eigenvalue weighted by Crippen LogP contribution is -2.49. The van der Waals surface area contributed by atoms with Gasteiger partial charge in [0.1, 0.15) is 5.82 Å². The highest BCUT2D eigenvalue weighted by atomic mass is 19.4. The van der Waals surface area contributed by atoms with E-state index in [1.54, 1.807) is 6.07 Å². The van der Waals surface area contributed by atoms with Crippen LogP contribution in [0.5, 0.6) is 0 Å². The zero-order valence-electron chi connectivity index (χ0n) is 17.6. The van der Waals surface area contributed by atoms with Crippen molar-refractivity contribution in [2.45, 2.75) is 77.1 Å². The molecule has 0 bridgehead atoms. The number of fused-ring (bicyclic) bond motifs is 1. The van der Waals surface area contributed by atoms with Gasteiger partial charge in [-0.25, -0.2) is 4.68 Å². The van der Waals surface area contributed by atoms with Gasteiger partial charge in [-0.2, -0.15) is 18.3 Å². The standard InChI is InChI=1S/C21H31F3N4O/c1-12-8-14(12)19(29)27-7-5-6-13(11-27)15-9-17(21(22,23)24)28-18(25-15)10-16(26-28)20(2,3)4/h10,12-15,17,25H,5-9,11H2,1-4H3/t12?,13?,14?,15-,17+/m0/s1. The smallest absolute Gasteiger partial charge is 0.367 e. The predicted octanol–water partition coefficient (Wildman–Crippen LogP) is 4.36. The lowest BCUT2D eigenvalue weighted by Gasteiger charge is -2.41. The quantitative estimate of drug-likeness (QED) is 0.785. The van der Waals surface area contributed by atoms with E-state index in [1.165, 1.54) is 0 Å². The summed E-state index contributed by atoms with van der Waals surface area (Å²) in [6, 6.07) is -0.192. The summed E-state index contributed by atoms with van der Waals surface area (Å²) in [5, 5.41) is 7.64. The van der Waals surface area contributed by atoms with Gasteiger partial charge in [0.15, 0.2) is 6.04 Å². The Bertz CT molecular complexity index is 782. The lowest BCUT2D eigenvalue weighted by molar-refractivity contribution is -0.175. The highest BCUT2D eigenvalue weighted by Crippen LogP contribution is 2.44. The predicted molar refractivity (Wildman–Crippen MR) is 105 cm³/mol. The molecule has 0 radical (unpaired) electrons. The molecule has 1 aromatic rings. The highest BCUT2D eigenvalue weighted by molar-refractivity contribution is 5.81. The van der Waals surface area contributed by atoms with Gasteiger partial charge in [-0.1, -0.05) is 27.7 Å². The third-order valence-corrected chi connectivity index (χ3v) is 6.75. The number of halogens is 3. The number of nitrogens with one attached hydrogen (secondary N) is 1. The summed E-state index contributed by atoms with van der Waals surface area (Å²) in [5.74, 6) is 1.20. The van der Waals surface area contributed by atoms with Gasteiger partial charge >= 0.3 is 6.18 Å². The number of piperidine rings is 1. The third kappa shape index (κ3) is 3.99. The minimum atomic E-state index is -4.36. The van der Waals surface area contributed by atoms with Crippen molar-refractivity contribution in [2.24, 2.45) is 17.8 Å². The number of aromatic nitrogens is 2. The van der Waals surface area contributed by atoms with Crippen molar-refractivity contribution in [2.75, 3.05) is 18.4 Å². The SMILES string of the molecule is CC1CC1C(=O)N1CCCC([C@@H]2C[C@H](C(F)(F)F)n3nc(C(C)(C)C)cc3N2)C1. The van der Waals surface area contributed by atoms with Crippen molar-refractivity contribution in [3.05, 3.63) is 11.8 Å². The van der Waals surface area contributed by atoms with E-state index in [0.717, 1.165) is 30.5 Å². The van der Waals surface area contributed by atoms with Gasteiger partial charge in [0, 0.05) is 36.5 Å². The molecule has 162 valence electrons. The van der Waals surface area contributed by atoms with Crippen LogP contribution in [0.15, 0.2) is 6.07 Å². The first-order valence-electron chi connectivity index (χ1n) is 10.7. The van der Waals surface area contributed by atoms with Gasteiger partial charge < -0.3 is 10.2 Å². The van der Waals surface area contributed by atoms with E-state index in [9.17, 15) is 18.0 Å². The molecule has 1 saturated heterocycles. The lowest BCUT2D eigenvalue weighted by atomic mass is 9.85. The Morgan fingerprint density at radius 3 is 2.52 bits per heavy atom. The molecule has 2 fully saturated rings. The third-order valence-electron chi connectivity index (χ3n) is 6.75. The van der Waals surface area contributed by atoms with Gasteiger partial charge in [0.25, 0.3) is 0 Å². The molecule has 3 heterocycles. The fraction of sp³-hybridized carbons (Fsp3) is 0.810. The number of alkyl halides is 3. The molecule has 0 aromatic carbocycles. The maximum Gasteiger partial charge on any atom is 0.410 e. The van der Waals surface area contributed by atoms with Crippen LogP contribution in [0.1, 0.15) is 65.1 Å². The number of anilines is 1. The van der Waals surface area contributed by atoms with Crippen molar-refractivity contribution in [3.63, 3.8) is 0 Å². The van der Waals surface area contributed by atoms with E-state index in [1.807, 2.05) is 25.7 Å². The Morgan fingerprint density at radius 1 is 1.24 bits per heavy atom. The van der Waals surface area contributed by atoms with Crippen LogP contribution in [-0.2, 0) is 10.2 Å². The molecule has 3 unspecified atom stereocenters. The number of nitrogens with zero attached hydrogens (tertiary/aromatic N) is 3. The molecule has 5 atom stereocenters. The number of likely N-dealkylation sites (tertiary alicyclic amines) is 1. The molecule has 1 aliphatic carbocycles. The van der Waals surface area contributed by atoms with Gasteiger partial charge in [-0.15, -0.1) is 0 Å². The van der Waals surface area contributed by atoms with E-state index < -0.39 is 12.2 Å². The van der Waals surface area contributed by atoms with Crippen LogP contribution in [0.4, 0.5) is 19.0 Å². The van der Waals surface area contributed by atoms with Crippen LogP contribution < -0.4 is 5.32 Å². The average molecular weight is 413 g/mol. The monoisotopic (exact) mass is 412 g/mol. The first-order valence-corrected chi connectivity index (χ1v) is 10.7. The van der Waals surface area contributed by atoms with E-state index in [2.05, 4.69) is 17.3 Å². The summed E-state index contributed by atoms with van der Waals surface area (Å²) < 4.78 is 42.7. The molecule has 8 heteroatoms. The number of carbonyl (C=O) groups excluding carboxylic acids is 1. The minimum absolute atomic E-state index is 0.0216.